The van der Waals surface area contributed by atoms with Crippen molar-refractivity contribution in [3.63, 3.8) is 0 Å². The van der Waals surface area contributed by atoms with E-state index in [0.717, 1.165) is 6.54 Å². The molecule has 0 amide bonds. The standard InChI is InChI=1S/C13H19NO/c1-4-14-11-13(2,3)15-10-12-8-6-5-7-9-12/h5-9,11H,4,10H2,1-3H3. The maximum Gasteiger partial charge on any atom is 0.0976 e. The van der Waals surface area contributed by atoms with Crippen LogP contribution in [0, 0.1) is 0 Å². The molecule has 0 spiro atoms. The molecule has 0 aliphatic heterocycles. The van der Waals surface area contributed by atoms with Gasteiger partial charge in [0, 0.05) is 12.8 Å². The van der Waals surface area contributed by atoms with Crippen LogP contribution in [0.25, 0.3) is 0 Å². The Morgan fingerprint density at radius 1 is 1.27 bits per heavy atom. The number of ether oxygens (including phenoxy) is 1. The molecule has 0 bridgehead atoms. The molecule has 15 heavy (non-hydrogen) atoms. The van der Waals surface area contributed by atoms with Crippen LogP contribution >= 0.6 is 0 Å². The third-order valence-electron chi connectivity index (χ3n) is 2.04. The Bertz CT molecular complexity index is 304. The molecule has 0 unspecified atom stereocenters. The average molecular weight is 205 g/mol. The number of nitrogens with zero attached hydrogens (tertiary/aromatic N) is 1. The molecule has 0 radical (unpaired) electrons. The van der Waals surface area contributed by atoms with E-state index in [2.05, 4.69) is 17.1 Å². The highest BCUT2D eigenvalue weighted by molar-refractivity contribution is 5.67. The molecule has 0 aromatic heterocycles. The fourth-order valence-corrected chi connectivity index (χ4v) is 1.19. The van der Waals surface area contributed by atoms with E-state index < -0.39 is 0 Å². The van der Waals surface area contributed by atoms with E-state index in [1.54, 1.807) is 0 Å². The van der Waals surface area contributed by atoms with Gasteiger partial charge in [-0.2, -0.15) is 0 Å². The van der Waals surface area contributed by atoms with E-state index in [-0.39, 0.29) is 5.60 Å². The van der Waals surface area contributed by atoms with Crippen LogP contribution in [0.15, 0.2) is 35.3 Å². The summed E-state index contributed by atoms with van der Waals surface area (Å²) in [5, 5.41) is 0. The predicted octanol–water partition coefficient (Wildman–Crippen LogP) is 3.07. The van der Waals surface area contributed by atoms with Crippen LogP contribution in [0.2, 0.25) is 0 Å². The molecule has 0 aliphatic rings. The first-order valence-corrected chi connectivity index (χ1v) is 5.33. The second-order valence-corrected chi connectivity index (χ2v) is 4.01. The van der Waals surface area contributed by atoms with Crippen LogP contribution < -0.4 is 0 Å². The molecule has 2 nitrogen and oxygen atoms in total. The summed E-state index contributed by atoms with van der Waals surface area (Å²) >= 11 is 0. The van der Waals surface area contributed by atoms with E-state index in [9.17, 15) is 0 Å². The Hall–Kier alpha value is -1.15. The van der Waals surface area contributed by atoms with Crippen molar-refractivity contribution >= 4 is 6.21 Å². The highest BCUT2D eigenvalue weighted by Gasteiger charge is 2.14. The number of hydrogen-bond acceptors (Lipinski definition) is 2. The zero-order valence-electron chi connectivity index (χ0n) is 9.73. The maximum atomic E-state index is 5.77. The monoisotopic (exact) mass is 205 g/mol. The average Bonchev–Trinajstić information content (AvgIpc) is 2.25. The highest BCUT2D eigenvalue weighted by atomic mass is 16.5. The lowest BCUT2D eigenvalue weighted by Gasteiger charge is -2.20. The van der Waals surface area contributed by atoms with Crippen molar-refractivity contribution in [3.8, 4) is 0 Å². The Morgan fingerprint density at radius 2 is 1.93 bits per heavy atom. The van der Waals surface area contributed by atoms with Crippen LogP contribution in [0.5, 0.6) is 0 Å². The van der Waals surface area contributed by atoms with Gasteiger partial charge in [-0.05, 0) is 26.3 Å². The first kappa shape index (κ1) is 11.9. The van der Waals surface area contributed by atoms with Gasteiger partial charge >= 0.3 is 0 Å². The van der Waals surface area contributed by atoms with Crippen molar-refractivity contribution < 1.29 is 4.74 Å². The molecular weight excluding hydrogens is 186 g/mol. The molecular formula is C13H19NO. The van der Waals surface area contributed by atoms with Gasteiger partial charge in [-0.1, -0.05) is 30.3 Å². The van der Waals surface area contributed by atoms with Crippen molar-refractivity contribution in [1.29, 1.82) is 0 Å². The van der Waals surface area contributed by atoms with Crippen molar-refractivity contribution in [1.82, 2.24) is 0 Å². The molecule has 0 heterocycles. The van der Waals surface area contributed by atoms with Crippen molar-refractivity contribution in [3.05, 3.63) is 35.9 Å². The highest BCUT2D eigenvalue weighted by Crippen LogP contribution is 2.10. The molecule has 1 rings (SSSR count). The molecule has 1 aromatic carbocycles. The first-order valence-electron chi connectivity index (χ1n) is 5.33. The Kier molecular flexibility index (Phi) is 4.50. The molecule has 2 heteroatoms. The van der Waals surface area contributed by atoms with E-state index in [0.29, 0.717) is 6.61 Å². The minimum atomic E-state index is -0.286. The van der Waals surface area contributed by atoms with Crippen LogP contribution in [0.1, 0.15) is 26.3 Å². The normalized spacial score (nSPS) is 12.2. The quantitative estimate of drug-likeness (QED) is 0.677. The van der Waals surface area contributed by atoms with Gasteiger partial charge in [-0.25, -0.2) is 0 Å². The van der Waals surface area contributed by atoms with E-state index >= 15 is 0 Å². The largest absolute Gasteiger partial charge is 0.365 e. The second kappa shape index (κ2) is 5.66. The summed E-state index contributed by atoms with van der Waals surface area (Å²) < 4.78 is 5.77. The summed E-state index contributed by atoms with van der Waals surface area (Å²) in [7, 11) is 0. The van der Waals surface area contributed by atoms with E-state index in [1.807, 2.05) is 45.2 Å². The van der Waals surface area contributed by atoms with Crippen LogP contribution in [0.4, 0.5) is 0 Å². The molecule has 82 valence electrons. The number of aliphatic imine (C=N–C) groups is 1. The molecule has 0 fully saturated rings. The van der Waals surface area contributed by atoms with Gasteiger partial charge in [0.2, 0.25) is 0 Å². The van der Waals surface area contributed by atoms with Crippen LogP contribution in [-0.4, -0.2) is 18.4 Å². The predicted molar refractivity (Wildman–Crippen MR) is 64.3 cm³/mol. The Labute approximate surface area is 92.0 Å². The SMILES string of the molecule is CCN=CC(C)(C)OCc1ccccc1. The summed E-state index contributed by atoms with van der Waals surface area (Å²) in [6.45, 7) is 7.50. The Morgan fingerprint density at radius 3 is 2.53 bits per heavy atom. The molecule has 0 saturated carbocycles. The lowest BCUT2D eigenvalue weighted by Crippen LogP contribution is -2.26. The van der Waals surface area contributed by atoms with Gasteiger partial charge in [0.15, 0.2) is 0 Å². The fraction of sp³-hybridized carbons (Fsp3) is 0.462. The summed E-state index contributed by atoms with van der Waals surface area (Å²) in [5.74, 6) is 0. The zero-order chi connectivity index (χ0) is 11.1. The molecule has 1 aromatic rings. The van der Waals surface area contributed by atoms with Crippen LogP contribution in [-0.2, 0) is 11.3 Å². The Balaban J connectivity index is 2.46. The summed E-state index contributed by atoms with van der Waals surface area (Å²) in [5.41, 5.74) is 0.904. The van der Waals surface area contributed by atoms with Crippen molar-refractivity contribution in [2.24, 2.45) is 4.99 Å². The lowest BCUT2D eigenvalue weighted by atomic mass is 10.1. The minimum absolute atomic E-state index is 0.286. The first-order chi connectivity index (χ1) is 7.14. The third kappa shape index (κ3) is 4.75. The number of hydrogen-bond donors (Lipinski definition) is 0. The second-order valence-electron chi connectivity index (χ2n) is 4.01. The van der Waals surface area contributed by atoms with Crippen molar-refractivity contribution in [2.45, 2.75) is 33.0 Å². The van der Waals surface area contributed by atoms with Gasteiger partial charge in [0.1, 0.15) is 0 Å². The van der Waals surface area contributed by atoms with Gasteiger partial charge in [0.05, 0.1) is 12.2 Å². The van der Waals surface area contributed by atoms with Crippen LogP contribution in [0.3, 0.4) is 0 Å². The topological polar surface area (TPSA) is 21.6 Å². The molecule has 0 atom stereocenters. The molecule has 0 saturated heterocycles. The smallest absolute Gasteiger partial charge is 0.0976 e. The summed E-state index contributed by atoms with van der Waals surface area (Å²) in [6.07, 6.45) is 1.87. The maximum absolute atomic E-state index is 5.77. The summed E-state index contributed by atoms with van der Waals surface area (Å²) in [4.78, 5) is 4.21. The zero-order valence-corrected chi connectivity index (χ0v) is 9.73. The van der Waals surface area contributed by atoms with Gasteiger partial charge in [0.25, 0.3) is 0 Å². The fourth-order valence-electron chi connectivity index (χ4n) is 1.19. The minimum Gasteiger partial charge on any atom is -0.365 e. The molecule has 0 N–H and O–H groups in total. The lowest BCUT2D eigenvalue weighted by molar-refractivity contribution is 0.0254. The molecule has 0 aliphatic carbocycles. The number of benzene rings is 1. The van der Waals surface area contributed by atoms with E-state index in [4.69, 9.17) is 4.74 Å². The number of rotatable bonds is 5. The van der Waals surface area contributed by atoms with Crippen molar-refractivity contribution in [2.75, 3.05) is 6.54 Å². The van der Waals surface area contributed by atoms with Gasteiger partial charge < -0.3 is 4.74 Å². The van der Waals surface area contributed by atoms with Gasteiger partial charge in [-0.15, -0.1) is 0 Å². The summed E-state index contributed by atoms with van der Waals surface area (Å²) in [6, 6.07) is 10.2. The third-order valence-corrected chi connectivity index (χ3v) is 2.04. The van der Waals surface area contributed by atoms with E-state index in [1.165, 1.54) is 5.56 Å². The van der Waals surface area contributed by atoms with Gasteiger partial charge in [-0.3, -0.25) is 4.99 Å².